The Labute approximate surface area is 240 Å². The number of ether oxygens (including phenoxy) is 1. The number of rotatable bonds is 13. The lowest BCUT2D eigenvalue weighted by Crippen LogP contribution is -2.27. The summed E-state index contributed by atoms with van der Waals surface area (Å²) in [6.07, 6.45) is 3.97. The molecule has 3 nitrogen and oxygen atoms in total. The van der Waals surface area contributed by atoms with E-state index in [0.717, 1.165) is 41.6 Å². The minimum Gasteiger partial charge on any atom is -0.500 e. The molecule has 41 heavy (non-hydrogen) atoms. The minimum absolute atomic E-state index is 0.0492. The number of ketones is 1. The Kier molecular flexibility index (Phi) is 9.45. The first-order chi connectivity index (χ1) is 19.5. The lowest BCUT2D eigenvalue weighted by Gasteiger charge is -2.22. The molecule has 0 unspecified atom stereocenters. The van der Waals surface area contributed by atoms with Crippen LogP contribution in [0.15, 0.2) is 54.3 Å². The van der Waals surface area contributed by atoms with Gasteiger partial charge in [-0.1, -0.05) is 45.4 Å². The van der Waals surface area contributed by atoms with Gasteiger partial charge in [-0.25, -0.2) is 4.39 Å². The second-order valence-electron chi connectivity index (χ2n) is 11.2. The second kappa shape index (κ2) is 12.7. The molecular weight excluding hydrogens is 530 g/mol. The molecule has 0 spiro atoms. The first-order valence-corrected chi connectivity index (χ1v) is 14.4. The van der Waals surface area contributed by atoms with E-state index in [0.29, 0.717) is 6.54 Å². The van der Waals surface area contributed by atoms with Gasteiger partial charge in [0.1, 0.15) is 22.8 Å². The van der Waals surface area contributed by atoms with Crippen molar-refractivity contribution >= 4 is 23.1 Å². The number of anilines is 1. The highest BCUT2D eigenvalue weighted by molar-refractivity contribution is 5.91. The molecule has 7 heteroatoms. The fourth-order valence-electron chi connectivity index (χ4n) is 5.56. The summed E-state index contributed by atoms with van der Waals surface area (Å²) in [5, 5.41) is 3.47. The molecule has 0 bridgehead atoms. The van der Waals surface area contributed by atoms with Gasteiger partial charge in [-0.3, -0.25) is 4.79 Å². The average molecular weight is 570 g/mol. The fraction of sp³-hybridized carbons (Fsp3) is 0.441. The Hall–Kier alpha value is -3.35. The normalized spacial score (nSPS) is 16.0. The Morgan fingerprint density at radius 2 is 1.85 bits per heavy atom. The first kappa shape index (κ1) is 30.6. The molecule has 220 valence electrons. The standard InChI is InChI=1S/C34H39F4NO2/c1-5-7-8-9-24-16-27-17-28(21-39-31(27)20-23(24)6-2)25-10-11-26(30(35)19-25)18-29(40)14-22(3)15-32(41-4)33(12-13-33)34(36,37)38/h10-11,15-17,19-20,39H,3,5-9,12-14,18,21H2,1-2,4H3/b32-15-. The van der Waals surface area contributed by atoms with Crippen molar-refractivity contribution in [3.8, 4) is 0 Å². The van der Waals surface area contributed by atoms with E-state index in [-0.39, 0.29) is 48.4 Å². The fourth-order valence-corrected chi connectivity index (χ4v) is 5.56. The minimum atomic E-state index is -4.43. The van der Waals surface area contributed by atoms with Crippen LogP contribution in [0.4, 0.5) is 23.2 Å². The van der Waals surface area contributed by atoms with Crippen LogP contribution in [0.1, 0.15) is 80.2 Å². The highest BCUT2D eigenvalue weighted by Crippen LogP contribution is 2.62. The van der Waals surface area contributed by atoms with Crippen molar-refractivity contribution in [3.05, 3.63) is 88.0 Å². The van der Waals surface area contributed by atoms with Crippen molar-refractivity contribution < 1.29 is 27.1 Å². The highest BCUT2D eigenvalue weighted by Gasteiger charge is 2.66. The van der Waals surface area contributed by atoms with E-state index in [1.165, 1.54) is 43.2 Å². The second-order valence-corrected chi connectivity index (χ2v) is 11.2. The summed E-state index contributed by atoms with van der Waals surface area (Å²) in [5.41, 5.74) is 5.05. The molecule has 2 aromatic rings. The van der Waals surface area contributed by atoms with Gasteiger partial charge in [-0.15, -0.1) is 0 Å². The number of aryl methyl sites for hydroxylation is 2. The number of halogens is 4. The van der Waals surface area contributed by atoms with Gasteiger partial charge >= 0.3 is 6.18 Å². The SMILES string of the molecule is C=C(/C=C(\OC)C1(C(F)(F)F)CC1)CC(=O)Cc1ccc(C2=Cc3cc(CCCCC)c(CC)cc3NC2)cc1F. The maximum atomic E-state index is 15.1. The lowest BCUT2D eigenvalue weighted by atomic mass is 9.91. The molecule has 1 aliphatic heterocycles. The van der Waals surface area contributed by atoms with Crippen LogP contribution >= 0.6 is 0 Å². The highest BCUT2D eigenvalue weighted by atomic mass is 19.4. The summed E-state index contributed by atoms with van der Waals surface area (Å²) in [4.78, 5) is 12.7. The number of unbranched alkanes of at least 4 members (excludes halogenated alkanes) is 2. The average Bonchev–Trinajstić information content (AvgIpc) is 3.74. The number of fused-ring (bicyclic) bond motifs is 1. The van der Waals surface area contributed by atoms with Crippen molar-refractivity contribution in [2.45, 2.75) is 77.8 Å². The van der Waals surface area contributed by atoms with E-state index in [1.54, 1.807) is 6.07 Å². The van der Waals surface area contributed by atoms with Crippen LogP contribution in [0, 0.1) is 11.2 Å². The zero-order chi connectivity index (χ0) is 29.8. The van der Waals surface area contributed by atoms with Crippen molar-refractivity contribution in [3.63, 3.8) is 0 Å². The summed E-state index contributed by atoms with van der Waals surface area (Å²) in [7, 11) is 1.19. The molecule has 0 amide bonds. The van der Waals surface area contributed by atoms with Crippen molar-refractivity contribution in [1.29, 1.82) is 0 Å². The molecule has 2 aromatic carbocycles. The predicted molar refractivity (Wildman–Crippen MR) is 157 cm³/mol. The molecule has 1 heterocycles. The van der Waals surface area contributed by atoms with Gasteiger partial charge in [0.25, 0.3) is 0 Å². The molecule has 0 saturated heterocycles. The Balaban J connectivity index is 1.44. The van der Waals surface area contributed by atoms with Crippen LogP contribution in [0.25, 0.3) is 11.6 Å². The third-order valence-electron chi connectivity index (χ3n) is 8.16. The van der Waals surface area contributed by atoms with Crippen LogP contribution in [-0.4, -0.2) is 25.6 Å². The van der Waals surface area contributed by atoms with Gasteiger partial charge in [0.15, 0.2) is 0 Å². The van der Waals surface area contributed by atoms with Crippen LogP contribution < -0.4 is 5.32 Å². The van der Waals surface area contributed by atoms with E-state index < -0.39 is 17.4 Å². The topological polar surface area (TPSA) is 38.3 Å². The molecule has 1 N–H and O–H groups in total. The van der Waals surface area contributed by atoms with E-state index in [4.69, 9.17) is 4.74 Å². The summed E-state index contributed by atoms with van der Waals surface area (Å²) < 4.78 is 60.5. The first-order valence-electron chi connectivity index (χ1n) is 14.4. The number of methoxy groups -OCH3 is 1. The third kappa shape index (κ3) is 6.94. The number of hydrogen-bond acceptors (Lipinski definition) is 3. The maximum absolute atomic E-state index is 15.1. The molecule has 4 rings (SSSR count). The van der Waals surface area contributed by atoms with Crippen molar-refractivity contribution in [2.24, 2.45) is 5.41 Å². The lowest BCUT2D eigenvalue weighted by molar-refractivity contribution is -0.184. The van der Waals surface area contributed by atoms with E-state index in [9.17, 15) is 18.0 Å². The van der Waals surface area contributed by atoms with E-state index in [2.05, 4.69) is 44.0 Å². The molecule has 2 aliphatic rings. The van der Waals surface area contributed by atoms with Crippen LogP contribution in [0.5, 0.6) is 0 Å². The number of hydrogen-bond donors (Lipinski definition) is 1. The summed E-state index contributed by atoms with van der Waals surface area (Å²) in [5.74, 6) is -1.05. The van der Waals surface area contributed by atoms with Gasteiger partial charge in [0.05, 0.1) is 7.11 Å². The quantitative estimate of drug-likeness (QED) is 0.113. The maximum Gasteiger partial charge on any atom is 0.401 e. The number of carbonyl (C=O) groups excluding carboxylic acids is 1. The van der Waals surface area contributed by atoms with Crippen LogP contribution in [0.3, 0.4) is 0 Å². The third-order valence-corrected chi connectivity index (χ3v) is 8.16. The van der Waals surface area contributed by atoms with E-state index in [1.807, 2.05) is 6.07 Å². The van der Waals surface area contributed by atoms with Gasteiger partial charge in [0.2, 0.25) is 0 Å². The predicted octanol–water partition coefficient (Wildman–Crippen LogP) is 9.02. The summed E-state index contributed by atoms with van der Waals surface area (Å²) in [6.45, 7) is 8.68. The molecule has 0 radical (unpaired) electrons. The summed E-state index contributed by atoms with van der Waals surface area (Å²) in [6, 6.07) is 9.34. The van der Waals surface area contributed by atoms with Crippen LogP contribution in [-0.2, 0) is 28.8 Å². The number of carbonyl (C=O) groups is 1. The smallest absolute Gasteiger partial charge is 0.401 e. The number of alkyl halides is 3. The van der Waals surface area contributed by atoms with Crippen molar-refractivity contribution in [2.75, 3.05) is 19.0 Å². The molecule has 1 saturated carbocycles. The zero-order valence-corrected chi connectivity index (χ0v) is 24.1. The van der Waals surface area contributed by atoms with E-state index >= 15 is 4.39 Å². The Morgan fingerprint density at radius 1 is 1.10 bits per heavy atom. The van der Waals surface area contributed by atoms with Crippen molar-refractivity contribution in [1.82, 2.24) is 0 Å². The largest absolute Gasteiger partial charge is 0.500 e. The number of Topliss-reactive ketones (excluding diaryl/α,β-unsaturated/α-hetero) is 1. The Bertz CT molecular complexity index is 1370. The van der Waals surface area contributed by atoms with Crippen LogP contribution in [0.2, 0.25) is 0 Å². The van der Waals surface area contributed by atoms with Gasteiger partial charge in [-0.2, -0.15) is 13.2 Å². The molecular formula is C34H39F4NO2. The number of nitrogens with one attached hydrogen (secondary N) is 1. The number of benzene rings is 2. The zero-order valence-electron chi connectivity index (χ0n) is 24.1. The van der Waals surface area contributed by atoms with Gasteiger partial charge in [0, 0.05) is 25.1 Å². The van der Waals surface area contributed by atoms with Gasteiger partial charge < -0.3 is 10.1 Å². The molecule has 1 fully saturated rings. The molecule has 0 aromatic heterocycles. The Morgan fingerprint density at radius 3 is 2.46 bits per heavy atom. The van der Waals surface area contributed by atoms with Gasteiger partial charge in [-0.05, 0) is 101 Å². The summed E-state index contributed by atoms with van der Waals surface area (Å²) >= 11 is 0. The molecule has 0 atom stereocenters. The monoisotopic (exact) mass is 569 g/mol. The number of allylic oxidation sites excluding steroid dienone is 3. The molecule has 1 aliphatic carbocycles.